The Hall–Kier alpha value is -3.12. The number of aryl methyl sites for hydroxylation is 2. The Kier molecular flexibility index (Phi) is 5.28. The van der Waals surface area contributed by atoms with E-state index in [0.717, 1.165) is 11.1 Å². The SMILES string of the molecule is Cc1ccccc1NS(=O)(=O)c1ccc(NC(=O)c2ccccc2C)cc1. The van der Waals surface area contributed by atoms with Crippen LogP contribution < -0.4 is 10.0 Å². The average Bonchev–Trinajstić information content (AvgIpc) is 2.64. The molecule has 0 aromatic heterocycles. The standard InChI is InChI=1S/C21H20N2O3S/c1-15-7-3-5-9-19(15)21(24)22-17-11-13-18(14-12-17)27(25,26)23-20-10-6-4-8-16(20)2/h3-14,23H,1-2H3,(H,22,24). The summed E-state index contributed by atoms with van der Waals surface area (Å²) in [6.45, 7) is 3.70. The molecule has 6 heteroatoms. The van der Waals surface area contributed by atoms with Gasteiger partial charge in [-0.2, -0.15) is 0 Å². The van der Waals surface area contributed by atoms with Crippen molar-refractivity contribution in [3.8, 4) is 0 Å². The van der Waals surface area contributed by atoms with Gasteiger partial charge in [-0.1, -0.05) is 36.4 Å². The van der Waals surface area contributed by atoms with E-state index in [1.165, 1.54) is 12.1 Å². The largest absolute Gasteiger partial charge is 0.322 e. The molecule has 138 valence electrons. The lowest BCUT2D eigenvalue weighted by atomic mass is 10.1. The molecule has 0 heterocycles. The van der Waals surface area contributed by atoms with Crippen LogP contribution in [-0.4, -0.2) is 14.3 Å². The van der Waals surface area contributed by atoms with E-state index in [1.54, 1.807) is 36.4 Å². The topological polar surface area (TPSA) is 75.3 Å². The minimum atomic E-state index is -3.70. The number of para-hydroxylation sites is 1. The maximum absolute atomic E-state index is 12.6. The van der Waals surface area contributed by atoms with Gasteiger partial charge >= 0.3 is 0 Å². The maximum Gasteiger partial charge on any atom is 0.261 e. The zero-order chi connectivity index (χ0) is 19.4. The number of anilines is 2. The van der Waals surface area contributed by atoms with Gasteiger partial charge in [-0.15, -0.1) is 0 Å². The Labute approximate surface area is 159 Å². The van der Waals surface area contributed by atoms with E-state index in [9.17, 15) is 13.2 Å². The van der Waals surface area contributed by atoms with Crippen molar-refractivity contribution in [1.82, 2.24) is 0 Å². The number of rotatable bonds is 5. The van der Waals surface area contributed by atoms with Gasteiger partial charge in [0.1, 0.15) is 0 Å². The van der Waals surface area contributed by atoms with Gasteiger partial charge in [0.05, 0.1) is 10.6 Å². The smallest absolute Gasteiger partial charge is 0.261 e. The van der Waals surface area contributed by atoms with Gasteiger partial charge < -0.3 is 5.32 Å². The number of carbonyl (C=O) groups excluding carboxylic acids is 1. The molecule has 0 saturated carbocycles. The first-order valence-corrected chi connectivity index (χ1v) is 9.90. The first-order valence-electron chi connectivity index (χ1n) is 8.42. The Balaban J connectivity index is 1.76. The number of sulfonamides is 1. The average molecular weight is 380 g/mol. The maximum atomic E-state index is 12.6. The highest BCUT2D eigenvalue weighted by Gasteiger charge is 2.15. The van der Waals surface area contributed by atoms with Crippen LogP contribution in [0.2, 0.25) is 0 Å². The van der Waals surface area contributed by atoms with Crippen LogP contribution in [0.3, 0.4) is 0 Å². The summed E-state index contributed by atoms with van der Waals surface area (Å²) in [7, 11) is -3.70. The molecule has 0 aliphatic carbocycles. The minimum Gasteiger partial charge on any atom is -0.322 e. The Bertz CT molecular complexity index is 1070. The summed E-state index contributed by atoms with van der Waals surface area (Å²) in [5, 5.41) is 2.78. The number of benzene rings is 3. The molecule has 3 aromatic carbocycles. The van der Waals surface area contributed by atoms with Crippen LogP contribution in [-0.2, 0) is 10.0 Å². The molecule has 0 spiro atoms. The molecule has 0 radical (unpaired) electrons. The van der Waals surface area contributed by atoms with Gasteiger partial charge in [0.2, 0.25) is 0 Å². The number of amides is 1. The molecule has 0 atom stereocenters. The minimum absolute atomic E-state index is 0.125. The Morgan fingerprint density at radius 2 is 1.37 bits per heavy atom. The van der Waals surface area contributed by atoms with Gasteiger partial charge in [-0.05, 0) is 61.4 Å². The first-order chi connectivity index (χ1) is 12.9. The molecule has 0 fully saturated rings. The van der Waals surface area contributed by atoms with Crippen molar-refractivity contribution >= 4 is 27.3 Å². The summed E-state index contributed by atoms with van der Waals surface area (Å²) in [6.07, 6.45) is 0. The Morgan fingerprint density at radius 3 is 2.00 bits per heavy atom. The predicted molar refractivity (Wildman–Crippen MR) is 108 cm³/mol. The van der Waals surface area contributed by atoms with Crippen molar-refractivity contribution in [3.63, 3.8) is 0 Å². The fourth-order valence-corrected chi connectivity index (χ4v) is 3.77. The van der Waals surface area contributed by atoms with Gasteiger partial charge in [0, 0.05) is 11.3 Å². The summed E-state index contributed by atoms with van der Waals surface area (Å²) < 4.78 is 27.7. The van der Waals surface area contributed by atoms with Crippen LogP contribution in [0.1, 0.15) is 21.5 Å². The second-order valence-corrected chi connectivity index (χ2v) is 7.90. The van der Waals surface area contributed by atoms with E-state index >= 15 is 0 Å². The first kappa shape index (κ1) is 18.7. The fraction of sp³-hybridized carbons (Fsp3) is 0.0952. The third-order valence-corrected chi connectivity index (χ3v) is 5.58. The Morgan fingerprint density at radius 1 is 0.778 bits per heavy atom. The molecule has 0 aliphatic heterocycles. The number of carbonyl (C=O) groups is 1. The van der Waals surface area contributed by atoms with Crippen molar-refractivity contribution in [2.45, 2.75) is 18.7 Å². The zero-order valence-electron chi connectivity index (χ0n) is 15.1. The highest BCUT2D eigenvalue weighted by Crippen LogP contribution is 2.21. The normalized spacial score (nSPS) is 11.0. The summed E-state index contributed by atoms with van der Waals surface area (Å²) in [5.41, 5.74) is 3.35. The second kappa shape index (κ2) is 7.63. The van der Waals surface area contributed by atoms with Crippen molar-refractivity contribution < 1.29 is 13.2 Å². The van der Waals surface area contributed by atoms with Crippen molar-refractivity contribution in [2.75, 3.05) is 10.0 Å². The van der Waals surface area contributed by atoms with E-state index < -0.39 is 10.0 Å². The van der Waals surface area contributed by atoms with Crippen molar-refractivity contribution in [1.29, 1.82) is 0 Å². The molecule has 0 saturated heterocycles. The zero-order valence-corrected chi connectivity index (χ0v) is 15.9. The van der Waals surface area contributed by atoms with Crippen LogP contribution in [0.5, 0.6) is 0 Å². The summed E-state index contributed by atoms with van der Waals surface area (Å²) in [5.74, 6) is -0.234. The number of hydrogen-bond acceptors (Lipinski definition) is 3. The molecule has 0 unspecified atom stereocenters. The summed E-state index contributed by atoms with van der Waals surface area (Å²) >= 11 is 0. The molecule has 27 heavy (non-hydrogen) atoms. The quantitative estimate of drug-likeness (QED) is 0.691. The predicted octanol–water partition coefficient (Wildman–Crippen LogP) is 4.36. The fourth-order valence-electron chi connectivity index (χ4n) is 2.63. The molecule has 1 amide bonds. The lowest BCUT2D eigenvalue weighted by molar-refractivity contribution is 0.102. The van der Waals surface area contributed by atoms with Gasteiger partial charge in [-0.25, -0.2) is 8.42 Å². The van der Waals surface area contributed by atoms with Crippen LogP contribution >= 0.6 is 0 Å². The number of nitrogens with one attached hydrogen (secondary N) is 2. The van der Waals surface area contributed by atoms with E-state index in [0.29, 0.717) is 16.9 Å². The molecule has 3 rings (SSSR count). The van der Waals surface area contributed by atoms with E-state index in [1.807, 2.05) is 38.1 Å². The van der Waals surface area contributed by atoms with Crippen LogP contribution in [0.4, 0.5) is 11.4 Å². The molecule has 2 N–H and O–H groups in total. The van der Waals surface area contributed by atoms with Gasteiger partial charge in [-0.3, -0.25) is 9.52 Å². The molecular weight excluding hydrogens is 360 g/mol. The molecule has 0 bridgehead atoms. The van der Waals surface area contributed by atoms with Crippen LogP contribution in [0, 0.1) is 13.8 Å². The highest BCUT2D eigenvalue weighted by atomic mass is 32.2. The van der Waals surface area contributed by atoms with Crippen molar-refractivity contribution in [3.05, 3.63) is 89.5 Å². The van der Waals surface area contributed by atoms with Gasteiger partial charge in [0.25, 0.3) is 15.9 Å². The monoisotopic (exact) mass is 380 g/mol. The van der Waals surface area contributed by atoms with Gasteiger partial charge in [0.15, 0.2) is 0 Å². The van der Waals surface area contributed by atoms with E-state index in [-0.39, 0.29) is 10.8 Å². The molecule has 5 nitrogen and oxygen atoms in total. The highest BCUT2D eigenvalue weighted by molar-refractivity contribution is 7.92. The van der Waals surface area contributed by atoms with Crippen LogP contribution in [0.15, 0.2) is 77.7 Å². The van der Waals surface area contributed by atoms with E-state index in [4.69, 9.17) is 0 Å². The van der Waals surface area contributed by atoms with E-state index in [2.05, 4.69) is 10.0 Å². The molecular formula is C21H20N2O3S. The third kappa shape index (κ3) is 4.35. The molecule has 3 aromatic rings. The lowest BCUT2D eigenvalue weighted by Crippen LogP contribution is -2.15. The second-order valence-electron chi connectivity index (χ2n) is 6.21. The molecule has 0 aliphatic rings. The van der Waals surface area contributed by atoms with Crippen molar-refractivity contribution in [2.24, 2.45) is 0 Å². The summed E-state index contributed by atoms with van der Waals surface area (Å²) in [6, 6.07) is 20.5. The number of hydrogen-bond donors (Lipinski definition) is 2. The summed E-state index contributed by atoms with van der Waals surface area (Å²) in [4.78, 5) is 12.5. The van der Waals surface area contributed by atoms with Crippen LogP contribution in [0.25, 0.3) is 0 Å². The lowest BCUT2D eigenvalue weighted by Gasteiger charge is -2.11. The third-order valence-electron chi connectivity index (χ3n) is 4.20.